The van der Waals surface area contributed by atoms with Gasteiger partial charge >= 0.3 is 11.7 Å². The van der Waals surface area contributed by atoms with Crippen LogP contribution in [0.5, 0.6) is 0 Å². The fourth-order valence-corrected chi connectivity index (χ4v) is 2.87. The van der Waals surface area contributed by atoms with E-state index in [0.29, 0.717) is 17.8 Å². The molecular formula is C21H20F3N5O4. The van der Waals surface area contributed by atoms with Gasteiger partial charge in [0, 0.05) is 19.3 Å². The third-order valence-electron chi connectivity index (χ3n) is 4.77. The lowest BCUT2D eigenvalue weighted by Gasteiger charge is -2.16. The molecule has 0 spiro atoms. The van der Waals surface area contributed by atoms with Gasteiger partial charge in [-0.25, -0.2) is 22.8 Å². The molecule has 0 bridgehead atoms. The number of aliphatic hydroxyl groups is 1. The molecule has 0 fully saturated rings. The third-order valence-corrected chi connectivity index (χ3v) is 4.77. The molecule has 2 aromatic carbocycles. The van der Waals surface area contributed by atoms with Crippen molar-refractivity contribution in [3.8, 4) is 0 Å². The SMILES string of the molecule is COC(=O)c1ccc(C)c(Nc2nc(NCC(O)c3cc(F)c(F)c(F)c3)n(C)c(=O)n2)c1. The van der Waals surface area contributed by atoms with Gasteiger partial charge in [-0.1, -0.05) is 6.07 Å². The lowest BCUT2D eigenvalue weighted by molar-refractivity contribution is 0.0600. The van der Waals surface area contributed by atoms with E-state index in [4.69, 9.17) is 4.74 Å². The van der Waals surface area contributed by atoms with E-state index >= 15 is 0 Å². The van der Waals surface area contributed by atoms with E-state index in [-0.39, 0.29) is 29.6 Å². The van der Waals surface area contributed by atoms with Gasteiger partial charge in [0.2, 0.25) is 11.9 Å². The van der Waals surface area contributed by atoms with Crippen molar-refractivity contribution in [2.45, 2.75) is 13.0 Å². The standard InChI is InChI=1S/C21H20F3N5O4/c1-10-4-5-11(18(31)33-3)8-15(10)26-19-27-20(29(2)21(32)28-19)25-9-16(30)12-6-13(22)17(24)14(23)7-12/h4-8,16,30H,9H2,1-3H3,(H2,25,26,27,28,32). The van der Waals surface area contributed by atoms with Gasteiger partial charge < -0.3 is 20.5 Å². The molecule has 174 valence electrons. The highest BCUT2D eigenvalue weighted by molar-refractivity contribution is 5.91. The predicted octanol–water partition coefficient (Wildman–Crippen LogP) is 2.58. The number of nitrogens with zero attached hydrogens (tertiary/aromatic N) is 3. The van der Waals surface area contributed by atoms with Crippen LogP contribution in [0, 0.1) is 24.4 Å². The number of anilines is 3. The number of ether oxygens (including phenoxy) is 1. The molecule has 1 unspecified atom stereocenters. The van der Waals surface area contributed by atoms with Crippen LogP contribution in [0.1, 0.15) is 27.6 Å². The summed E-state index contributed by atoms with van der Waals surface area (Å²) in [7, 11) is 2.63. The van der Waals surface area contributed by atoms with Gasteiger partial charge in [0.15, 0.2) is 17.5 Å². The number of aryl methyl sites for hydroxylation is 1. The molecule has 0 saturated carbocycles. The number of aromatic nitrogens is 3. The van der Waals surface area contributed by atoms with Crippen LogP contribution in [0.4, 0.5) is 30.8 Å². The molecule has 1 aromatic heterocycles. The second kappa shape index (κ2) is 9.69. The molecule has 1 atom stereocenters. The molecule has 3 rings (SSSR count). The fourth-order valence-electron chi connectivity index (χ4n) is 2.87. The van der Waals surface area contributed by atoms with Crippen molar-refractivity contribution < 1.29 is 27.8 Å². The number of halogens is 3. The molecule has 3 N–H and O–H groups in total. The predicted molar refractivity (Wildman–Crippen MR) is 113 cm³/mol. The second-order valence-corrected chi connectivity index (χ2v) is 7.05. The highest BCUT2D eigenvalue weighted by Crippen LogP contribution is 2.22. The van der Waals surface area contributed by atoms with E-state index in [1.807, 2.05) is 0 Å². The van der Waals surface area contributed by atoms with Gasteiger partial charge in [0.05, 0.1) is 18.8 Å². The lowest BCUT2D eigenvalue weighted by atomic mass is 10.1. The van der Waals surface area contributed by atoms with Crippen LogP contribution in [-0.4, -0.2) is 39.3 Å². The quantitative estimate of drug-likeness (QED) is 0.362. The maximum Gasteiger partial charge on any atom is 0.353 e. The number of benzene rings is 2. The molecule has 0 aliphatic rings. The third kappa shape index (κ3) is 5.29. The van der Waals surface area contributed by atoms with Crippen molar-refractivity contribution >= 4 is 23.6 Å². The monoisotopic (exact) mass is 463 g/mol. The Hall–Kier alpha value is -3.93. The van der Waals surface area contributed by atoms with Crippen LogP contribution in [0.2, 0.25) is 0 Å². The Bertz CT molecular complexity index is 1240. The normalized spacial score (nSPS) is 11.7. The molecule has 0 amide bonds. The summed E-state index contributed by atoms with van der Waals surface area (Å²) in [5.41, 5.74) is 0.568. The smallest absolute Gasteiger partial charge is 0.353 e. The highest BCUT2D eigenvalue weighted by Gasteiger charge is 2.17. The Morgan fingerprint density at radius 3 is 2.48 bits per heavy atom. The Morgan fingerprint density at radius 1 is 1.18 bits per heavy atom. The van der Waals surface area contributed by atoms with Crippen LogP contribution >= 0.6 is 0 Å². The van der Waals surface area contributed by atoms with Gasteiger partial charge in [-0.3, -0.25) is 4.57 Å². The maximum atomic E-state index is 13.4. The lowest BCUT2D eigenvalue weighted by Crippen LogP contribution is -2.27. The van der Waals surface area contributed by atoms with Crippen molar-refractivity contribution in [3.05, 3.63) is 75.0 Å². The Balaban J connectivity index is 1.82. The molecule has 0 aliphatic heterocycles. The van der Waals surface area contributed by atoms with Crippen molar-refractivity contribution in [2.24, 2.45) is 7.05 Å². The Labute approximate surface area is 185 Å². The topological polar surface area (TPSA) is 118 Å². The zero-order valence-electron chi connectivity index (χ0n) is 17.8. The van der Waals surface area contributed by atoms with Crippen molar-refractivity contribution in [2.75, 3.05) is 24.3 Å². The van der Waals surface area contributed by atoms with Gasteiger partial charge in [-0.15, -0.1) is 0 Å². The fraction of sp³-hybridized carbons (Fsp3) is 0.238. The van der Waals surface area contributed by atoms with E-state index in [2.05, 4.69) is 20.6 Å². The summed E-state index contributed by atoms with van der Waals surface area (Å²) in [6.07, 6.45) is -1.44. The summed E-state index contributed by atoms with van der Waals surface area (Å²) >= 11 is 0. The first-order chi connectivity index (χ1) is 15.6. The summed E-state index contributed by atoms with van der Waals surface area (Å²) in [5, 5.41) is 15.8. The van der Waals surface area contributed by atoms with E-state index < -0.39 is 35.2 Å². The van der Waals surface area contributed by atoms with Crippen LogP contribution in [0.25, 0.3) is 0 Å². The first-order valence-corrected chi connectivity index (χ1v) is 9.58. The van der Waals surface area contributed by atoms with E-state index in [1.54, 1.807) is 19.1 Å². The molecule has 0 saturated heterocycles. The van der Waals surface area contributed by atoms with Crippen molar-refractivity contribution in [3.63, 3.8) is 0 Å². The molecular weight excluding hydrogens is 443 g/mol. The Morgan fingerprint density at radius 2 is 1.85 bits per heavy atom. The van der Waals surface area contributed by atoms with E-state index in [0.717, 1.165) is 10.1 Å². The van der Waals surface area contributed by atoms with Gasteiger partial charge in [0.1, 0.15) is 0 Å². The number of esters is 1. The zero-order valence-corrected chi connectivity index (χ0v) is 17.8. The molecule has 0 aliphatic carbocycles. The van der Waals surface area contributed by atoms with Gasteiger partial charge in [-0.2, -0.15) is 9.97 Å². The molecule has 3 aromatic rings. The van der Waals surface area contributed by atoms with Crippen molar-refractivity contribution in [1.29, 1.82) is 0 Å². The summed E-state index contributed by atoms with van der Waals surface area (Å²) in [4.78, 5) is 32.0. The van der Waals surface area contributed by atoms with Crippen LogP contribution in [0.3, 0.4) is 0 Å². The van der Waals surface area contributed by atoms with Gasteiger partial charge in [0.25, 0.3) is 0 Å². The summed E-state index contributed by atoms with van der Waals surface area (Å²) in [6, 6.07) is 6.11. The average Bonchev–Trinajstić information content (AvgIpc) is 2.79. The first-order valence-electron chi connectivity index (χ1n) is 9.58. The molecule has 33 heavy (non-hydrogen) atoms. The number of carbonyl (C=O) groups excluding carboxylic acids is 1. The highest BCUT2D eigenvalue weighted by atomic mass is 19.2. The van der Waals surface area contributed by atoms with Gasteiger partial charge in [-0.05, 0) is 42.3 Å². The minimum atomic E-state index is -1.64. The number of hydrogen-bond acceptors (Lipinski definition) is 8. The zero-order chi connectivity index (χ0) is 24.3. The van der Waals surface area contributed by atoms with E-state index in [1.165, 1.54) is 20.2 Å². The summed E-state index contributed by atoms with van der Waals surface area (Å²) in [5.74, 6) is -5.17. The number of methoxy groups -OCH3 is 1. The van der Waals surface area contributed by atoms with Crippen LogP contribution < -0.4 is 16.3 Å². The summed E-state index contributed by atoms with van der Waals surface area (Å²) in [6.45, 7) is 1.46. The number of rotatable bonds is 7. The molecule has 12 heteroatoms. The van der Waals surface area contributed by atoms with Crippen molar-refractivity contribution in [1.82, 2.24) is 14.5 Å². The molecule has 1 heterocycles. The minimum absolute atomic E-state index is 0.0126. The number of nitrogens with one attached hydrogen (secondary N) is 2. The average molecular weight is 463 g/mol. The number of hydrogen-bond donors (Lipinski definition) is 3. The Kier molecular flexibility index (Phi) is 6.97. The number of carbonyl (C=O) groups is 1. The first kappa shape index (κ1) is 23.7. The van der Waals surface area contributed by atoms with Crippen LogP contribution in [0.15, 0.2) is 35.1 Å². The van der Waals surface area contributed by atoms with E-state index in [9.17, 15) is 27.9 Å². The second-order valence-electron chi connectivity index (χ2n) is 7.05. The maximum absolute atomic E-state index is 13.4. The molecule has 0 radical (unpaired) electrons. The summed E-state index contributed by atoms with van der Waals surface area (Å²) < 4.78 is 45.7. The largest absolute Gasteiger partial charge is 0.465 e. The van der Waals surface area contributed by atoms with Crippen LogP contribution in [-0.2, 0) is 11.8 Å². The molecule has 9 nitrogen and oxygen atoms in total. The number of aliphatic hydroxyl groups excluding tert-OH is 1. The minimum Gasteiger partial charge on any atom is -0.465 e.